The van der Waals surface area contributed by atoms with E-state index in [4.69, 9.17) is 23.9 Å². The Bertz CT molecular complexity index is 860. The second kappa shape index (κ2) is 8.72. The Labute approximate surface area is 156 Å². The minimum absolute atomic E-state index is 0.117. The molecule has 2 aromatic carbocycles. The van der Waals surface area contributed by atoms with Crippen LogP contribution in [0.25, 0.3) is 11.0 Å². The number of carbonyl (C=O) groups excluding carboxylic acids is 1. The SMILES string of the molecule is COc1ccc(CC(=O)N[C@@H](Cc2cc3ccccc3o2)OB(O)O)cc1. The molecule has 0 bridgehead atoms. The molecular formula is C19H20BNO6. The van der Waals surface area contributed by atoms with E-state index in [0.717, 1.165) is 10.9 Å². The Morgan fingerprint density at radius 2 is 1.93 bits per heavy atom. The van der Waals surface area contributed by atoms with Crippen molar-refractivity contribution in [3.8, 4) is 5.75 Å². The van der Waals surface area contributed by atoms with Gasteiger partial charge in [-0.25, -0.2) is 0 Å². The number of hydrogen-bond acceptors (Lipinski definition) is 6. The average molecular weight is 369 g/mol. The van der Waals surface area contributed by atoms with E-state index in [1.54, 1.807) is 31.4 Å². The quantitative estimate of drug-likeness (QED) is 0.412. The van der Waals surface area contributed by atoms with Crippen molar-refractivity contribution in [1.29, 1.82) is 0 Å². The fourth-order valence-electron chi connectivity index (χ4n) is 2.76. The number of carbonyl (C=O) groups is 1. The molecule has 0 saturated carbocycles. The average Bonchev–Trinajstić information content (AvgIpc) is 3.03. The number of para-hydroxylation sites is 1. The van der Waals surface area contributed by atoms with Gasteiger partial charge in [-0.3, -0.25) is 4.79 Å². The Hall–Kier alpha value is -2.81. The first kappa shape index (κ1) is 19.0. The number of ether oxygens (including phenoxy) is 1. The smallest absolute Gasteiger partial charge is 0.497 e. The van der Waals surface area contributed by atoms with E-state index in [-0.39, 0.29) is 18.7 Å². The fourth-order valence-corrected chi connectivity index (χ4v) is 2.76. The maximum atomic E-state index is 12.3. The van der Waals surface area contributed by atoms with Crippen molar-refractivity contribution in [3.63, 3.8) is 0 Å². The molecule has 0 aliphatic rings. The van der Waals surface area contributed by atoms with Gasteiger partial charge in [0.2, 0.25) is 5.91 Å². The molecule has 0 unspecified atom stereocenters. The molecule has 1 amide bonds. The number of furan rings is 1. The Kier molecular flexibility index (Phi) is 6.13. The van der Waals surface area contributed by atoms with E-state index in [2.05, 4.69) is 5.32 Å². The lowest BCUT2D eigenvalue weighted by atomic mass is 10.1. The summed E-state index contributed by atoms with van der Waals surface area (Å²) >= 11 is 0. The highest BCUT2D eigenvalue weighted by molar-refractivity contribution is 6.32. The normalized spacial score (nSPS) is 12.0. The van der Waals surface area contributed by atoms with Crippen molar-refractivity contribution < 1.29 is 28.7 Å². The summed E-state index contributed by atoms with van der Waals surface area (Å²) in [6.07, 6.45) is -0.678. The predicted molar refractivity (Wildman–Crippen MR) is 99.8 cm³/mol. The number of amides is 1. The molecule has 0 radical (unpaired) electrons. The molecule has 1 atom stereocenters. The van der Waals surface area contributed by atoms with Crippen LogP contribution in [0.1, 0.15) is 11.3 Å². The lowest BCUT2D eigenvalue weighted by Crippen LogP contribution is -2.42. The maximum Gasteiger partial charge on any atom is 0.635 e. The standard InChI is InChI=1S/C19H20BNO6/c1-25-15-8-6-13(7-9-15)10-18(22)21-19(27-20(23)24)12-16-11-14-4-2-3-5-17(14)26-16/h2-9,11,19,23-24H,10,12H2,1H3,(H,21,22)/t19-/m1/s1. The largest absolute Gasteiger partial charge is 0.635 e. The molecule has 3 N–H and O–H groups in total. The maximum absolute atomic E-state index is 12.3. The van der Waals surface area contributed by atoms with E-state index in [1.807, 2.05) is 30.3 Å². The Morgan fingerprint density at radius 3 is 2.59 bits per heavy atom. The number of methoxy groups -OCH3 is 1. The third kappa shape index (κ3) is 5.33. The summed E-state index contributed by atoms with van der Waals surface area (Å²) in [5, 5.41) is 21.8. The van der Waals surface area contributed by atoms with Crippen LogP contribution >= 0.6 is 0 Å². The van der Waals surface area contributed by atoms with Crippen LogP contribution in [-0.4, -0.2) is 36.6 Å². The summed E-state index contributed by atoms with van der Waals surface area (Å²) in [7, 11) is -0.442. The van der Waals surface area contributed by atoms with E-state index < -0.39 is 13.5 Å². The van der Waals surface area contributed by atoms with Crippen LogP contribution in [-0.2, 0) is 22.3 Å². The third-order valence-corrected chi connectivity index (χ3v) is 3.99. The summed E-state index contributed by atoms with van der Waals surface area (Å²) in [5.41, 5.74) is 1.50. The molecule has 3 rings (SSSR count). The molecule has 27 heavy (non-hydrogen) atoms. The van der Waals surface area contributed by atoms with Gasteiger partial charge in [0.15, 0.2) is 0 Å². The monoisotopic (exact) mass is 369 g/mol. The predicted octanol–water partition coefficient (Wildman–Crippen LogP) is 1.65. The van der Waals surface area contributed by atoms with Gasteiger partial charge in [-0.05, 0) is 29.8 Å². The van der Waals surface area contributed by atoms with Crippen molar-refractivity contribution in [2.45, 2.75) is 19.1 Å². The Morgan fingerprint density at radius 1 is 1.19 bits per heavy atom. The molecular weight excluding hydrogens is 349 g/mol. The minimum atomic E-state index is -2.01. The van der Waals surface area contributed by atoms with Gasteiger partial charge < -0.3 is 29.2 Å². The molecule has 0 saturated heterocycles. The molecule has 0 spiro atoms. The fraction of sp³-hybridized carbons (Fsp3) is 0.211. The molecule has 0 aliphatic heterocycles. The van der Waals surface area contributed by atoms with Gasteiger partial charge in [0.25, 0.3) is 0 Å². The molecule has 0 aliphatic carbocycles. The first-order chi connectivity index (χ1) is 13.0. The third-order valence-electron chi connectivity index (χ3n) is 3.99. The van der Waals surface area contributed by atoms with Gasteiger partial charge in [-0.15, -0.1) is 0 Å². The second-order valence-electron chi connectivity index (χ2n) is 6.00. The lowest BCUT2D eigenvalue weighted by Gasteiger charge is -2.18. The summed E-state index contributed by atoms with van der Waals surface area (Å²) in [5.74, 6) is 0.946. The summed E-state index contributed by atoms with van der Waals surface area (Å²) in [6.45, 7) is 0. The minimum Gasteiger partial charge on any atom is -0.497 e. The number of rotatable bonds is 8. The van der Waals surface area contributed by atoms with Crippen LogP contribution in [0.3, 0.4) is 0 Å². The zero-order valence-corrected chi connectivity index (χ0v) is 14.8. The van der Waals surface area contributed by atoms with Crippen molar-refractivity contribution in [2.24, 2.45) is 0 Å². The highest BCUT2D eigenvalue weighted by Crippen LogP contribution is 2.20. The number of fused-ring (bicyclic) bond motifs is 1. The van der Waals surface area contributed by atoms with Crippen molar-refractivity contribution >= 4 is 24.2 Å². The van der Waals surface area contributed by atoms with Gasteiger partial charge in [-0.2, -0.15) is 0 Å². The van der Waals surface area contributed by atoms with Gasteiger partial charge in [-0.1, -0.05) is 30.3 Å². The molecule has 0 fully saturated rings. The van der Waals surface area contributed by atoms with Gasteiger partial charge in [0.1, 0.15) is 23.3 Å². The van der Waals surface area contributed by atoms with Crippen molar-refractivity contribution in [3.05, 3.63) is 65.9 Å². The van der Waals surface area contributed by atoms with Gasteiger partial charge in [0.05, 0.1) is 13.5 Å². The topological polar surface area (TPSA) is 101 Å². The number of nitrogens with one attached hydrogen (secondary N) is 1. The highest BCUT2D eigenvalue weighted by atomic mass is 16.6. The summed E-state index contributed by atoms with van der Waals surface area (Å²) in [4.78, 5) is 12.3. The first-order valence-electron chi connectivity index (χ1n) is 8.45. The van der Waals surface area contributed by atoms with Crippen LogP contribution < -0.4 is 10.1 Å². The van der Waals surface area contributed by atoms with E-state index >= 15 is 0 Å². The van der Waals surface area contributed by atoms with Crippen LogP contribution in [0.15, 0.2) is 59.0 Å². The molecule has 3 aromatic rings. The molecule has 8 heteroatoms. The zero-order chi connectivity index (χ0) is 19.2. The lowest BCUT2D eigenvalue weighted by molar-refractivity contribution is -0.123. The Balaban J connectivity index is 1.65. The number of benzene rings is 2. The molecule has 1 aromatic heterocycles. The highest BCUT2D eigenvalue weighted by Gasteiger charge is 2.22. The zero-order valence-electron chi connectivity index (χ0n) is 14.8. The van der Waals surface area contributed by atoms with Crippen LogP contribution in [0.5, 0.6) is 5.75 Å². The molecule has 1 heterocycles. The van der Waals surface area contributed by atoms with Crippen molar-refractivity contribution in [1.82, 2.24) is 5.32 Å². The van der Waals surface area contributed by atoms with Crippen LogP contribution in [0, 0.1) is 0 Å². The van der Waals surface area contributed by atoms with Gasteiger partial charge >= 0.3 is 7.32 Å². The number of hydrogen-bond donors (Lipinski definition) is 3. The van der Waals surface area contributed by atoms with Crippen LogP contribution in [0.2, 0.25) is 0 Å². The van der Waals surface area contributed by atoms with E-state index in [1.165, 1.54) is 0 Å². The first-order valence-corrected chi connectivity index (χ1v) is 8.45. The summed E-state index contributed by atoms with van der Waals surface area (Å²) in [6, 6.07) is 16.4. The molecule has 7 nitrogen and oxygen atoms in total. The van der Waals surface area contributed by atoms with Crippen molar-refractivity contribution in [2.75, 3.05) is 7.11 Å². The van der Waals surface area contributed by atoms with Crippen LogP contribution in [0.4, 0.5) is 0 Å². The van der Waals surface area contributed by atoms with E-state index in [0.29, 0.717) is 17.1 Å². The van der Waals surface area contributed by atoms with Gasteiger partial charge in [0, 0.05) is 11.8 Å². The van der Waals surface area contributed by atoms with E-state index in [9.17, 15) is 4.79 Å². The second-order valence-corrected chi connectivity index (χ2v) is 6.00. The molecule has 140 valence electrons. The summed E-state index contributed by atoms with van der Waals surface area (Å²) < 4.78 is 15.8.